The number of aryl methyl sites for hydroxylation is 2. The molecule has 8 nitrogen and oxygen atoms in total. The highest BCUT2D eigenvalue weighted by Crippen LogP contribution is 2.07. The molecule has 3 rings (SSSR count). The number of nitrogens with one attached hydrogen (secondary N) is 3. The van der Waals surface area contributed by atoms with Gasteiger partial charge in [0, 0.05) is 30.8 Å². The van der Waals surface area contributed by atoms with Gasteiger partial charge in [-0.15, -0.1) is 0 Å². The third kappa shape index (κ3) is 3.12. The van der Waals surface area contributed by atoms with Crippen molar-refractivity contribution >= 4 is 16.8 Å². The van der Waals surface area contributed by atoms with Gasteiger partial charge in [0.05, 0.1) is 17.1 Å². The van der Waals surface area contributed by atoms with Crippen LogP contribution >= 0.6 is 0 Å². The molecule has 0 spiro atoms. The number of carbonyl (C=O) groups is 1. The maximum Gasteiger partial charge on any atom is 0.328 e. The lowest BCUT2D eigenvalue weighted by Gasteiger charge is -2.09. The first kappa shape index (κ1) is 15.7. The van der Waals surface area contributed by atoms with E-state index in [1.807, 2.05) is 6.92 Å². The Morgan fingerprint density at radius 3 is 2.83 bits per heavy atom. The van der Waals surface area contributed by atoms with E-state index in [0.29, 0.717) is 17.4 Å². The van der Waals surface area contributed by atoms with Crippen molar-refractivity contribution in [3.05, 3.63) is 62.6 Å². The molecule has 3 aromatic rings. The Kier molecular flexibility index (Phi) is 4.28. The van der Waals surface area contributed by atoms with E-state index in [4.69, 9.17) is 0 Å². The fourth-order valence-electron chi connectivity index (χ4n) is 2.51. The summed E-state index contributed by atoms with van der Waals surface area (Å²) in [6.45, 7) is 2.44. The molecule has 1 amide bonds. The smallest absolute Gasteiger partial charge is 0.328 e. The molecule has 1 aromatic carbocycles. The molecule has 0 unspecified atom stereocenters. The van der Waals surface area contributed by atoms with Gasteiger partial charge in [0.15, 0.2) is 0 Å². The Balaban J connectivity index is 1.72. The zero-order valence-corrected chi connectivity index (χ0v) is 13.1. The molecule has 124 valence electrons. The van der Waals surface area contributed by atoms with Crippen molar-refractivity contribution in [1.82, 2.24) is 25.1 Å². The first-order valence-corrected chi connectivity index (χ1v) is 7.53. The molecule has 2 aromatic heterocycles. The van der Waals surface area contributed by atoms with Crippen LogP contribution in [0.15, 0.2) is 40.1 Å². The molecule has 0 aliphatic carbocycles. The van der Waals surface area contributed by atoms with Crippen molar-refractivity contribution in [2.24, 2.45) is 0 Å². The molecule has 2 heterocycles. The third-order valence-corrected chi connectivity index (χ3v) is 3.88. The first-order valence-electron chi connectivity index (χ1n) is 7.53. The summed E-state index contributed by atoms with van der Waals surface area (Å²) in [6, 6.07) is 6.82. The fourth-order valence-corrected chi connectivity index (χ4v) is 2.51. The average molecular weight is 327 g/mol. The minimum absolute atomic E-state index is 0.132. The minimum Gasteiger partial charge on any atom is -0.352 e. The van der Waals surface area contributed by atoms with Crippen LogP contribution < -0.4 is 16.6 Å². The zero-order chi connectivity index (χ0) is 17.1. The second kappa shape index (κ2) is 6.53. The van der Waals surface area contributed by atoms with E-state index in [0.717, 1.165) is 11.3 Å². The number of hydrogen-bond acceptors (Lipinski definition) is 4. The summed E-state index contributed by atoms with van der Waals surface area (Å²) < 4.78 is 1.40. The summed E-state index contributed by atoms with van der Waals surface area (Å²) in [4.78, 5) is 38.1. The highest BCUT2D eigenvalue weighted by molar-refractivity contribution is 5.78. The molecule has 0 saturated heterocycles. The zero-order valence-electron chi connectivity index (χ0n) is 13.1. The molecule has 24 heavy (non-hydrogen) atoms. The SMILES string of the molecule is Cc1[nH]ncc1CNC(=O)CCn1c(=O)[nH]c(=O)c2ccccc21. The van der Waals surface area contributed by atoms with Crippen molar-refractivity contribution in [2.75, 3.05) is 0 Å². The molecular formula is C16H17N5O3. The van der Waals surface area contributed by atoms with E-state index >= 15 is 0 Å². The average Bonchev–Trinajstić information content (AvgIpc) is 2.98. The van der Waals surface area contributed by atoms with E-state index in [9.17, 15) is 14.4 Å². The molecule has 0 bridgehead atoms. The number of carbonyl (C=O) groups excluding carboxylic acids is 1. The number of aromatic amines is 2. The topological polar surface area (TPSA) is 113 Å². The Morgan fingerprint density at radius 1 is 1.29 bits per heavy atom. The number of nitrogens with zero attached hydrogens (tertiary/aromatic N) is 2. The van der Waals surface area contributed by atoms with Crippen molar-refractivity contribution in [1.29, 1.82) is 0 Å². The van der Waals surface area contributed by atoms with Crippen LogP contribution in [0.5, 0.6) is 0 Å². The maximum atomic E-state index is 12.0. The van der Waals surface area contributed by atoms with Crippen LogP contribution in [0.1, 0.15) is 17.7 Å². The van der Waals surface area contributed by atoms with Crippen molar-refractivity contribution in [3.63, 3.8) is 0 Å². The Morgan fingerprint density at radius 2 is 2.08 bits per heavy atom. The van der Waals surface area contributed by atoms with Gasteiger partial charge < -0.3 is 5.32 Å². The van der Waals surface area contributed by atoms with Gasteiger partial charge in [-0.3, -0.25) is 24.2 Å². The highest BCUT2D eigenvalue weighted by atomic mass is 16.2. The minimum atomic E-state index is -0.517. The molecule has 0 radical (unpaired) electrons. The second-order valence-corrected chi connectivity index (χ2v) is 5.48. The van der Waals surface area contributed by atoms with E-state index in [1.165, 1.54) is 4.57 Å². The van der Waals surface area contributed by atoms with Crippen LogP contribution in [-0.2, 0) is 17.9 Å². The van der Waals surface area contributed by atoms with Gasteiger partial charge in [-0.25, -0.2) is 4.79 Å². The Labute approximate surface area is 136 Å². The predicted octanol–water partition coefficient (Wildman–Crippen LogP) is 0.428. The van der Waals surface area contributed by atoms with E-state index in [1.54, 1.807) is 30.5 Å². The summed E-state index contributed by atoms with van der Waals surface area (Å²) in [5, 5.41) is 9.91. The van der Waals surface area contributed by atoms with E-state index < -0.39 is 11.2 Å². The quantitative estimate of drug-likeness (QED) is 0.630. The number of rotatable bonds is 5. The van der Waals surface area contributed by atoms with Gasteiger partial charge in [-0.05, 0) is 19.1 Å². The number of hydrogen-bond donors (Lipinski definition) is 3. The lowest BCUT2D eigenvalue weighted by atomic mass is 10.2. The van der Waals surface area contributed by atoms with Gasteiger partial charge in [-0.1, -0.05) is 12.1 Å². The molecular weight excluding hydrogens is 310 g/mol. The summed E-state index contributed by atoms with van der Waals surface area (Å²) in [6.07, 6.45) is 1.79. The number of H-pyrrole nitrogens is 2. The Bertz CT molecular complexity index is 999. The molecule has 0 saturated carbocycles. The third-order valence-electron chi connectivity index (χ3n) is 3.88. The van der Waals surface area contributed by atoms with Crippen LogP contribution in [0.4, 0.5) is 0 Å². The molecule has 8 heteroatoms. The van der Waals surface area contributed by atoms with Crippen LogP contribution in [0.2, 0.25) is 0 Å². The van der Waals surface area contributed by atoms with Crippen LogP contribution in [0.3, 0.4) is 0 Å². The summed E-state index contributed by atoms with van der Waals surface area (Å²) >= 11 is 0. The normalized spacial score (nSPS) is 10.9. The molecule has 0 fully saturated rings. The largest absolute Gasteiger partial charge is 0.352 e. The lowest BCUT2D eigenvalue weighted by molar-refractivity contribution is -0.121. The predicted molar refractivity (Wildman–Crippen MR) is 88.6 cm³/mol. The number of aromatic nitrogens is 4. The summed E-state index contributed by atoms with van der Waals surface area (Å²) in [7, 11) is 0. The van der Waals surface area contributed by atoms with Gasteiger partial charge in [-0.2, -0.15) is 5.10 Å². The first-order chi connectivity index (χ1) is 11.6. The van der Waals surface area contributed by atoms with Gasteiger partial charge in [0.2, 0.25) is 5.91 Å². The van der Waals surface area contributed by atoms with Crippen molar-refractivity contribution in [2.45, 2.75) is 26.4 Å². The van der Waals surface area contributed by atoms with E-state index in [2.05, 4.69) is 20.5 Å². The lowest BCUT2D eigenvalue weighted by Crippen LogP contribution is -2.32. The summed E-state index contributed by atoms with van der Waals surface area (Å²) in [5.41, 5.74) is 1.39. The van der Waals surface area contributed by atoms with Gasteiger partial charge >= 0.3 is 5.69 Å². The number of fused-ring (bicyclic) bond motifs is 1. The second-order valence-electron chi connectivity index (χ2n) is 5.48. The van der Waals surface area contributed by atoms with Gasteiger partial charge in [0.1, 0.15) is 0 Å². The standard InChI is InChI=1S/C16H17N5O3/c1-10-11(9-18-20-10)8-17-14(22)6-7-21-13-5-3-2-4-12(13)15(23)19-16(21)24/h2-5,9H,6-8H2,1H3,(H,17,22)(H,18,20)(H,19,23,24). The maximum absolute atomic E-state index is 12.0. The molecule has 0 aliphatic heterocycles. The number of para-hydroxylation sites is 1. The van der Waals surface area contributed by atoms with Gasteiger partial charge in [0.25, 0.3) is 5.56 Å². The monoisotopic (exact) mass is 327 g/mol. The molecule has 0 aliphatic rings. The Hall–Kier alpha value is -3.16. The van der Waals surface area contributed by atoms with Crippen LogP contribution in [0, 0.1) is 6.92 Å². The molecule has 0 atom stereocenters. The van der Waals surface area contributed by atoms with E-state index in [-0.39, 0.29) is 18.9 Å². The summed E-state index contributed by atoms with van der Waals surface area (Å²) in [5.74, 6) is -0.183. The number of benzene rings is 1. The van der Waals surface area contributed by atoms with Crippen molar-refractivity contribution in [3.8, 4) is 0 Å². The number of amides is 1. The van der Waals surface area contributed by atoms with Crippen molar-refractivity contribution < 1.29 is 4.79 Å². The fraction of sp³-hybridized carbons (Fsp3) is 0.250. The van der Waals surface area contributed by atoms with Crippen LogP contribution in [0.25, 0.3) is 10.9 Å². The highest BCUT2D eigenvalue weighted by Gasteiger charge is 2.09. The van der Waals surface area contributed by atoms with Crippen LogP contribution in [-0.4, -0.2) is 25.7 Å². The molecule has 3 N–H and O–H groups in total.